The van der Waals surface area contributed by atoms with Crippen molar-refractivity contribution in [3.8, 4) is 0 Å². The molecule has 0 bridgehead atoms. The van der Waals surface area contributed by atoms with Gasteiger partial charge >= 0.3 is 0 Å². The molecule has 2 rings (SSSR count). The van der Waals surface area contributed by atoms with Crippen LogP contribution in [0.3, 0.4) is 0 Å². The van der Waals surface area contributed by atoms with Crippen LogP contribution in [0.5, 0.6) is 0 Å². The summed E-state index contributed by atoms with van der Waals surface area (Å²) in [6.07, 6.45) is 8.36. The van der Waals surface area contributed by atoms with Gasteiger partial charge in [-0.15, -0.1) is 0 Å². The van der Waals surface area contributed by atoms with Gasteiger partial charge in [-0.05, 0) is 37.8 Å². The van der Waals surface area contributed by atoms with Gasteiger partial charge in [-0.2, -0.15) is 0 Å². The van der Waals surface area contributed by atoms with E-state index in [1.54, 1.807) is 12.2 Å². The Bertz CT molecular complexity index is 348. The smallest absolute Gasteiger partial charge is 0.159 e. The molecule has 3 nitrogen and oxygen atoms in total. The van der Waals surface area contributed by atoms with Crippen LogP contribution >= 0.6 is 0 Å². The zero-order chi connectivity index (χ0) is 12.3. The first kappa shape index (κ1) is 12.4. The molecule has 1 N–H and O–H groups in total. The second-order valence-corrected chi connectivity index (χ2v) is 5.02. The lowest BCUT2D eigenvalue weighted by Crippen LogP contribution is -2.16. The van der Waals surface area contributed by atoms with Gasteiger partial charge in [0.15, 0.2) is 5.78 Å². The lowest BCUT2D eigenvalue weighted by atomic mass is 10.0. The molecule has 17 heavy (non-hydrogen) atoms. The van der Waals surface area contributed by atoms with Crippen LogP contribution in [0, 0.1) is 5.92 Å². The Labute approximate surface area is 102 Å². The molecular weight excluding hydrogens is 216 g/mol. The molecule has 2 aliphatic carbocycles. The average Bonchev–Trinajstić information content (AvgIpc) is 2.78. The number of aliphatic hydroxyl groups excluding tert-OH is 1. The van der Waals surface area contributed by atoms with Crippen molar-refractivity contribution in [3.05, 3.63) is 23.5 Å². The van der Waals surface area contributed by atoms with Gasteiger partial charge in [0.2, 0.25) is 0 Å². The second kappa shape index (κ2) is 5.50. The molecule has 1 atom stereocenters. The molecule has 0 aromatic heterocycles. The Hall–Kier alpha value is -1.09. The van der Waals surface area contributed by atoms with Gasteiger partial charge in [-0.1, -0.05) is 12.8 Å². The Balaban J connectivity index is 1.91. The van der Waals surface area contributed by atoms with E-state index in [0.717, 1.165) is 12.4 Å². The van der Waals surface area contributed by atoms with Crippen molar-refractivity contribution in [2.75, 3.05) is 6.61 Å². The van der Waals surface area contributed by atoms with Gasteiger partial charge in [-0.3, -0.25) is 4.79 Å². The molecule has 0 aromatic carbocycles. The van der Waals surface area contributed by atoms with Gasteiger partial charge in [0.1, 0.15) is 0 Å². The molecule has 1 unspecified atom stereocenters. The van der Waals surface area contributed by atoms with Crippen molar-refractivity contribution in [1.29, 1.82) is 0 Å². The maximum Gasteiger partial charge on any atom is 0.159 e. The number of hydrogen-bond acceptors (Lipinski definition) is 3. The fraction of sp³-hybridized carbons (Fsp3) is 0.643. The first-order chi connectivity index (χ1) is 8.15. The summed E-state index contributed by atoms with van der Waals surface area (Å²) < 4.78 is 5.73. The van der Waals surface area contributed by atoms with Crippen LogP contribution in [0.1, 0.15) is 39.0 Å². The number of hydrogen-bond donors (Lipinski definition) is 1. The predicted octanol–water partition coefficient (Wildman–Crippen LogP) is 2.36. The molecule has 2 aliphatic rings. The molecule has 1 fully saturated rings. The number of ether oxygens (including phenoxy) is 1. The fourth-order valence-electron chi connectivity index (χ4n) is 2.47. The minimum absolute atomic E-state index is 0.0225. The third-order valence-corrected chi connectivity index (χ3v) is 3.48. The average molecular weight is 236 g/mol. The zero-order valence-corrected chi connectivity index (χ0v) is 10.3. The van der Waals surface area contributed by atoms with Crippen molar-refractivity contribution in [1.82, 2.24) is 0 Å². The van der Waals surface area contributed by atoms with Crippen molar-refractivity contribution < 1.29 is 14.6 Å². The highest BCUT2D eigenvalue weighted by atomic mass is 16.5. The van der Waals surface area contributed by atoms with Gasteiger partial charge in [-0.25, -0.2) is 0 Å². The number of aliphatic hydroxyl groups is 1. The standard InChI is InChI=1S/C14H20O3/c1-10(15)12-6-13(16)8-14(7-12)17-9-11-4-2-3-5-11/h6-7,11,13,16H,2-5,8-9H2,1H3. The minimum Gasteiger partial charge on any atom is -0.498 e. The zero-order valence-electron chi connectivity index (χ0n) is 10.3. The van der Waals surface area contributed by atoms with E-state index in [1.807, 2.05) is 0 Å². The maximum absolute atomic E-state index is 11.3. The van der Waals surface area contributed by atoms with Crippen LogP contribution in [0.2, 0.25) is 0 Å². The second-order valence-electron chi connectivity index (χ2n) is 5.02. The van der Waals surface area contributed by atoms with Crippen molar-refractivity contribution in [2.45, 2.75) is 45.1 Å². The number of ketones is 1. The van der Waals surface area contributed by atoms with E-state index >= 15 is 0 Å². The summed E-state index contributed by atoms with van der Waals surface area (Å²) in [6, 6.07) is 0. The normalized spacial score (nSPS) is 25.4. The molecule has 0 radical (unpaired) electrons. The van der Waals surface area contributed by atoms with E-state index in [2.05, 4.69) is 0 Å². The van der Waals surface area contributed by atoms with Crippen molar-refractivity contribution >= 4 is 5.78 Å². The molecule has 3 heteroatoms. The van der Waals surface area contributed by atoms with Crippen LogP contribution in [-0.2, 0) is 9.53 Å². The molecule has 0 saturated heterocycles. The van der Waals surface area contributed by atoms with Crippen LogP contribution in [-0.4, -0.2) is 23.6 Å². The van der Waals surface area contributed by atoms with Crippen molar-refractivity contribution in [2.24, 2.45) is 5.92 Å². The Morgan fingerprint density at radius 1 is 1.47 bits per heavy atom. The lowest BCUT2D eigenvalue weighted by molar-refractivity contribution is -0.113. The predicted molar refractivity (Wildman–Crippen MR) is 65.4 cm³/mol. The van der Waals surface area contributed by atoms with Gasteiger partial charge in [0.05, 0.1) is 18.5 Å². The Kier molecular flexibility index (Phi) is 4.00. The van der Waals surface area contributed by atoms with E-state index in [4.69, 9.17) is 4.74 Å². The van der Waals surface area contributed by atoms with Crippen LogP contribution < -0.4 is 0 Å². The molecule has 0 spiro atoms. The van der Waals surface area contributed by atoms with Crippen LogP contribution in [0.4, 0.5) is 0 Å². The molecule has 0 amide bonds. The molecular formula is C14H20O3. The lowest BCUT2D eigenvalue weighted by Gasteiger charge is -2.19. The number of rotatable bonds is 4. The summed E-state index contributed by atoms with van der Waals surface area (Å²) in [4.78, 5) is 11.3. The van der Waals surface area contributed by atoms with Gasteiger partial charge in [0, 0.05) is 12.0 Å². The van der Waals surface area contributed by atoms with Crippen molar-refractivity contribution in [3.63, 3.8) is 0 Å². The fourth-order valence-corrected chi connectivity index (χ4v) is 2.47. The van der Waals surface area contributed by atoms with E-state index in [0.29, 0.717) is 17.9 Å². The highest BCUT2D eigenvalue weighted by molar-refractivity contribution is 5.96. The molecule has 0 heterocycles. The third-order valence-electron chi connectivity index (χ3n) is 3.48. The summed E-state index contributed by atoms with van der Waals surface area (Å²) in [5, 5.41) is 9.64. The summed E-state index contributed by atoms with van der Waals surface area (Å²) in [6.45, 7) is 2.23. The van der Waals surface area contributed by atoms with E-state index in [1.165, 1.54) is 32.6 Å². The SMILES string of the molecule is CC(=O)C1=CC(O)CC(OCC2CCCC2)=C1. The maximum atomic E-state index is 11.3. The van der Waals surface area contributed by atoms with Crippen LogP contribution in [0.25, 0.3) is 0 Å². The summed E-state index contributed by atoms with van der Waals surface area (Å²) >= 11 is 0. The molecule has 0 aromatic rings. The monoisotopic (exact) mass is 236 g/mol. The third kappa shape index (κ3) is 3.43. The molecule has 94 valence electrons. The van der Waals surface area contributed by atoms with E-state index in [-0.39, 0.29) is 5.78 Å². The Morgan fingerprint density at radius 3 is 2.82 bits per heavy atom. The summed E-state index contributed by atoms with van der Waals surface area (Å²) in [5.74, 6) is 1.38. The first-order valence-electron chi connectivity index (χ1n) is 6.39. The highest BCUT2D eigenvalue weighted by Gasteiger charge is 2.19. The molecule has 1 saturated carbocycles. The highest BCUT2D eigenvalue weighted by Crippen LogP contribution is 2.27. The van der Waals surface area contributed by atoms with E-state index < -0.39 is 6.10 Å². The minimum atomic E-state index is -0.586. The summed E-state index contributed by atoms with van der Waals surface area (Å²) in [5.41, 5.74) is 0.560. The van der Waals surface area contributed by atoms with E-state index in [9.17, 15) is 9.90 Å². The van der Waals surface area contributed by atoms with Gasteiger partial charge in [0.25, 0.3) is 0 Å². The summed E-state index contributed by atoms with van der Waals surface area (Å²) in [7, 11) is 0. The quantitative estimate of drug-likeness (QED) is 0.815. The topological polar surface area (TPSA) is 46.5 Å². The molecule has 0 aliphatic heterocycles. The number of carbonyl (C=O) groups is 1. The van der Waals surface area contributed by atoms with Gasteiger partial charge < -0.3 is 9.84 Å². The Morgan fingerprint density at radius 2 is 2.18 bits per heavy atom. The van der Waals surface area contributed by atoms with Crippen LogP contribution in [0.15, 0.2) is 23.5 Å². The first-order valence-corrected chi connectivity index (χ1v) is 6.39. The largest absolute Gasteiger partial charge is 0.498 e. The number of carbonyl (C=O) groups excluding carboxylic acids is 1. The number of allylic oxidation sites excluding steroid dienone is 2. The number of Topliss-reactive ketones (excluding diaryl/α,β-unsaturated/α-hetero) is 1.